The van der Waals surface area contributed by atoms with Gasteiger partial charge in [-0.25, -0.2) is 4.68 Å². The van der Waals surface area contributed by atoms with Crippen molar-refractivity contribution in [1.29, 1.82) is 0 Å². The van der Waals surface area contributed by atoms with Crippen LogP contribution in [0.15, 0.2) is 91.0 Å². The van der Waals surface area contributed by atoms with Crippen molar-refractivity contribution in [2.75, 3.05) is 0 Å². The van der Waals surface area contributed by atoms with Gasteiger partial charge in [0.05, 0.1) is 17.4 Å². The first-order valence-electron chi connectivity index (χ1n) is 11.0. The number of benzene rings is 3. The molecule has 2 atom stereocenters. The third kappa shape index (κ3) is 5.22. The van der Waals surface area contributed by atoms with E-state index >= 15 is 0 Å². The number of primary amides is 1. The fraction of sp³-hybridized carbons (Fsp3) is 0.148. The first-order chi connectivity index (χ1) is 16.4. The monoisotopic (exact) mass is 454 g/mol. The SMILES string of the molecule is Cc1cc(C(=O)NC(Cc2ccccc2)C(O)C(N)=O)n(-c2ccc(-c3ccccc3)cc2)n1. The van der Waals surface area contributed by atoms with E-state index in [9.17, 15) is 14.7 Å². The average Bonchev–Trinajstić information content (AvgIpc) is 3.26. The highest BCUT2D eigenvalue weighted by Gasteiger charge is 2.28. The number of nitrogens with one attached hydrogen (secondary N) is 1. The standard InChI is InChI=1S/C27H26N4O3/c1-18-16-24(27(34)29-23(25(32)26(28)33)17-19-8-4-2-5-9-19)31(30-18)22-14-12-21(13-15-22)20-10-6-3-7-11-20/h2-16,23,25,32H,17H2,1H3,(H2,28,33)(H,29,34). The van der Waals surface area contributed by atoms with E-state index in [1.165, 1.54) is 0 Å². The van der Waals surface area contributed by atoms with Crippen LogP contribution in [0.3, 0.4) is 0 Å². The summed E-state index contributed by atoms with van der Waals surface area (Å²) in [6, 6.07) is 27.8. The normalized spacial score (nSPS) is 12.6. The lowest BCUT2D eigenvalue weighted by Crippen LogP contribution is -2.50. The van der Waals surface area contributed by atoms with Gasteiger partial charge in [-0.1, -0.05) is 72.8 Å². The van der Waals surface area contributed by atoms with Gasteiger partial charge in [0, 0.05) is 0 Å². The second kappa shape index (κ2) is 10.1. The average molecular weight is 455 g/mol. The zero-order valence-electron chi connectivity index (χ0n) is 18.8. The van der Waals surface area contributed by atoms with Gasteiger partial charge < -0.3 is 16.2 Å². The molecular weight excluding hydrogens is 428 g/mol. The molecule has 3 aromatic carbocycles. The fourth-order valence-corrected chi connectivity index (χ4v) is 3.83. The molecule has 1 aromatic heterocycles. The Morgan fingerprint density at radius 2 is 1.53 bits per heavy atom. The van der Waals surface area contributed by atoms with Gasteiger partial charge in [-0.15, -0.1) is 0 Å². The number of amides is 2. The second-order valence-corrected chi connectivity index (χ2v) is 8.11. The van der Waals surface area contributed by atoms with E-state index in [0.717, 1.165) is 16.7 Å². The van der Waals surface area contributed by atoms with Crippen LogP contribution in [0.2, 0.25) is 0 Å². The summed E-state index contributed by atoms with van der Waals surface area (Å²) in [7, 11) is 0. The number of hydrogen-bond acceptors (Lipinski definition) is 4. The van der Waals surface area contributed by atoms with Crippen LogP contribution < -0.4 is 11.1 Å². The molecule has 0 aliphatic carbocycles. The Labute approximate surface area is 197 Å². The minimum absolute atomic E-state index is 0.246. The predicted octanol–water partition coefficient (Wildman–Crippen LogP) is 3.04. The number of hydrogen-bond donors (Lipinski definition) is 3. The second-order valence-electron chi connectivity index (χ2n) is 8.11. The molecular formula is C27H26N4O3. The molecule has 7 nitrogen and oxygen atoms in total. The first kappa shape index (κ1) is 22.9. The highest BCUT2D eigenvalue weighted by atomic mass is 16.3. The van der Waals surface area contributed by atoms with Crippen LogP contribution in [-0.4, -0.2) is 38.8 Å². The summed E-state index contributed by atoms with van der Waals surface area (Å²) >= 11 is 0. The Morgan fingerprint density at radius 1 is 0.941 bits per heavy atom. The first-order valence-corrected chi connectivity index (χ1v) is 11.0. The van der Waals surface area contributed by atoms with Crippen LogP contribution in [0.25, 0.3) is 16.8 Å². The third-order valence-electron chi connectivity index (χ3n) is 5.57. The van der Waals surface area contributed by atoms with Crippen molar-refractivity contribution < 1.29 is 14.7 Å². The molecule has 172 valence electrons. The van der Waals surface area contributed by atoms with Crippen molar-refractivity contribution in [3.8, 4) is 16.8 Å². The van der Waals surface area contributed by atoms with Crippen LogP contribution in [-0.2, 0) is 11.2 Å². The third-order valence-corrected chi connectivity index (χ3v) is 5.57. The number of aromatic nitrogens is 2. The number of carbonyl (C=O) groups is 2. The van der Waals surface area contributed by atoms with E-state index in [1.54, 1.807) is 17.7 Å². The summed E-state index contributed by atoms with van der Waals surface area (Å²) in [5, 5.41) is 17.6. The van der Waals surface area contributed by atoms with E-state index in [0.29, 0.717) is 17.1 Å². The van der Waals surface area contributed by atoms with Gasteiger partial charge in [-0.3, -0.25) is 9.59 Å². The van der Waals surface area contributed by atoms with Gasteiger partial charge in [-0.2, -0.15) is 5.10 Å². The summed E-state index contributed by atoms with van der Waals surface area (Å²) < 4.78 is 1.55. The number of carbonyl (C=O) groups excluding carboxylic acids is 2. The summed E-state index contributed by atoms with van der Waals surface area (Å²) in [5.74, 6) is -1.36. The molecule has 0 radical (unpaired) electrons. The molecule has 34 heavy (non-hydrogen) atoms. The van der Waals surface area contributed by atoms with Gasteiger partial charge in [0.2, 0.25) is 5.91 Å². The molecule has 0 saturated carbocycles. The molecule has 4 rings (SSSR count). The number of aliphatic hydroxyl groups is 1. The Balaban J connectivity index is 1.59. The summed E-state index contributed by atoms with van der Waals surface area (Å²) in [6.45, 7) is 1.80. The Bertz CT molecular complexity index is 1270. The molecule has 4 aromatic rings. The van der Waals surface area contributed by atoms with Crippen molar-refractivity contribution in [3.63, 3.8) is 0 Å². The van der Waals surface area contributed by atoms with Crippen molar-refractivity contribution in [2.24, 2.45) is 5.73 Å². The molecule has 7 heteroatoms. The fourth-order valence-electron chi connectivity index (χ4n) is 3.83. The molecule has 2 unspecified atom stereocenters. The van der Waals surface area contributed by atoms with Crippen LogP contribution in [0, 0.1) is 6.92 Å². The van der Waals surface area contributed by atoms with E-state index in [4.69, 9.17) is 5.73 Å². The molecule has 2 amide bonds. The maximum absolute atomic E-state index is 13.2. The molecule has 0 aliphatic heterocycles. The summed E-state index contributed by atoms with van der Waals surface area (Å²) in [6.07, 6.45) is -1.29. The number of aliphatic hydroxyl groups excluding tert-OH is 1. The topological polar surface area (TPSA) is 110 Å². The van der Waals surface area contributed by atoms with Crippen molar-refractivity contribution in [1.82, 2.24) is 15.1 Å². The van der Waals surface area contributed by atoms with Crippen LogP contribution >= 0.6 is 0 Å². The highest BCUT2D eigenvalue weighted by Crippen LogP contribution is 2.22. The zero-order chi connectivity index (χ0) is 24.1. The van der Waals surface area contributed by atoms with Gasteiger partial charge in [-0.05, 0) is 48.2 Å². The number of aryl methyl sites for hydroxylation is 1. The van der Waals surface area contributed by atoms with Crippen LogP contribution in [0.5, 0.6) is 0 Å². The summed E-state index contributed by atoms with van der Waals surface area (Å²) in [4.78, 5) is 24.9. The molecule has 0 fully saturated rings. The van der Waals surface area contributed by atoms with Gasteiger partial charge >= 0.3 is 0 Å². The molecule has 0 saturated heterocycles. The van der Waals surface area contributed by atoms with Gasteiger partial charge in [0.15, 0.2) is 6.10 Å². The maximum Gasteiger partial charge on any atom is 0.270 e. The Morgan fingerprint density at radius 3 is 2.15 bits per heavy atom. The van der Waals surface area contributed by atoms with E-state index in [2.05, 4.69) is 10.4 Å². The predicted molar refractivity (Wildman–Crippen MR) is 130 cm³/mol. The van der Waals surface area contributed by atoms with E-state index < -0.39 is 24.0 Å². The number of rotatable bonds is 8. The minimum atomic E-state index is -1.54. The Kier molecular flexibility index (Phi) is 6.85. The molecule has 1 heterocycles. The number of nitrogens with two attached hydrogens (primary N) is 1. The Hall–Kier alpha value is -4.23. The van der Waals surface area contributed by atoms with Gasteiger partial charge in [0.25, 0.3) is 5.91 Å². The van der Waals surface area contributed by atoms with E-state index in [-0.39, 0.29) is 6.42 Å². The quantitative estimate of drug-likeness (QED) is 0.380. The lowest BCUT2D eigenvalue weighted by atomic mass is 10.0. The van der Waals surface area contributed by atoms with Gasteiger partial charge in [0.1, 0.15) is 5.69 Å². The largest absolute Gasteiger partial charge is 0.381 e. The van der Waals surface area contributed by atoms with Crippen molar-refractivity contribution in [3.05, 3.63) is 108 Å². The smallest absolute Gasteiger partial charge is 0.270 e. The minimum Gasteiger partial charge on any atom is -0.381 e. The molecule has 4 N–H and O–H groups in total. The van der Waals surface area contributed by atoms with Crippen LogP contribution in [0.1, 0.15) is 21.7 Å². The lowest BCUT2D eigenvalue weighted by molar-refractivity contribution is -0.127. The molecule has 0 spiro atoms. The summed E-state index contributed by atoms with van der Waals surface area (Å²) in [5.41, 5.74) is 10.00. The van der Waals surface area contributed by atoms with Crippen molar-refractivity contribution >= 4 is 11.8 Å². The molecule has 0 aliphatic rings. The van der Waals surface area contributed by atoms with E-state index in [1.807, 2.05) is 84.9 Å². The van der Waals surface area contributed by atoms with Crippen molar-refractivity contribution in [2.45, 2.75) is 25.5 Å². The number of nitrogens with zero attached hydrogens (tertiary/aromatic N) is 2. The highest BCUT2D eigenvalue weighted by molar-refractivity contribution is 5.94. The maximum atomic E-state index is 13.2. The van der Waals surface area contributed by atoms with Crippen LogP contribution in [0.4, 0.5) is 0 Å². The zero-order valence-corrected chi connectivity index (χ0v) is 18.8. The lowest BCUT2D eigenvalue weighted by Gasteiger charge is -2.22. The molecule has 0 bridgehead atoms.